The van der Waals surface area contributed by atoms with Gasteiger partial charge in [0.15, 0.2) is 0 Å². The Morgan fingerprint density at radius 2 is 0.938 bits per heavy atom. The number of ketones is 2. The molecule has 3 unspecified atom stereocenters. The molecule has 1 saturated carbocycles. The fourth-order valence-electron chi connectivity index (χ4n) is 8.69. The van der Waals surface area contributed by atoms with E-state index in [2.05, 4.69) is 23.6 Å². The van der Waals surface area contributed by atoms with Crippen LogP contribution in [0.15, 0.2) is 0 Å². The average Bonchev–Trinajstić information content (AvgIpc) is 2.78. The van der Waals surface area contributed by atoms with Gasteiger partial charge in [0.25, 0.3) is 0 Å². The Kier molecular flexibility index (Phi) is 7.09. The van der Waals surface area contributed by atoms with E-state index in [0.717, 1.165) is 25.9 Å². The Bertz CT molecular complexity index is 635. The predicted octanol–water partition coefficient (Wildman–Crippen LogP) is 4.95. The lowest BCUT2D eigenvalue weighted by atomic mass is 9.68. The van der Waals surface area contributed by atoms with E-state index in [4.69, 9.17) is 0 Å². The third-order valence-corrected chi connectivity index (χ3v) is 10.1. The van der Waals surface area contributed by atoms with E-state index in [1.165, 1.54) is 77.3 Å². The molecule has 180 valence electrons. The van der Waals surface area contributed by atoms with E-state index >= 15 is 0 Å². The normalized spacial score (nSPS) is 44.9. The van der Waals surface area contributed by atoms with Gasteiger partial charge in [-0.15, -0.1) is 0 Å². The zero-order valence-corrected chi connectivity index (χ0v) is 20.6. The van der Waals surface area contributed by atoms with Crippen LogP contribution < -0.4 is 0 Å². The van der Waals surface area contributed by atoms with Crippen molar-refractivity contribution in [2.75, 3.05) is 26.2 Å². The van der Waals surface area contributed by atoms with Crippen LogP contribution in [0.5, 0.6) is 0 Å². The van der Waals surface area contributed by atoms with E-state index in [0.29, 0.717) is 35.5 Å². The van der Waals surface area contributed by atoms with Crippen LogP contribution in [0.1, 0.15) is 90.9 Å². The van der Waals surface area contributed by atoms with Crippen LogP contribution in [0.2, 0.25) is 0 Å². The van der Waals surface area contributed by atoms with Crippen molar-refractivity contribution in [3.63, 3.8) is 0 Å². The number of Topliss-reactive ketones (excluding diaryl/α,β-unsaturated/α-hetero) is 2. The number of carbonyl (C=O) groups is 2. The molecular weight excluding hydrogens is 396 g/mol. The number of hydrogen-bond acceptors (Lipinski definition) is 4. The van der Waals surface area contributed by atoms with Crippen LogP contribution in [0.4, 0.5) is 0 Å². The Hall–Kier alpha value is -0.740. The fourth-order valence-corrected chi connectivity index (χ4v) is 8.69. The van der Waals surface area contributed by atoms with Crippen LogP contribution in [0.3, 0.4) is 0 Å². The summed E-state index contributed by atoms with van der Waals surface area (Å²) in [6.45, 7) is 8.72. The van der Waals surface area contributed by atoms with Gasteiger partial charge in [0, 0.05) is 48.8 Å². The molecule has 0 aromatic heterocycles. The molecule has 0 spiro atoms. The largest absolute Gasteiger partial charge is 0.299 e. The summed E-state index contributed by atoms with van der Waals surface area (Å²) < 4.78 is 0. The van der Waals surface area contributed by atoms with Crippen LogP contribution in [0.25, 0.3) is 0 Å². The highest BCUT2D eigenvalue weighted by molar-refractivity contribution is 5.85. The van der Waals surface area contributed by atoms with Crippen molar-refractivity contribution in [1.29, 1.82) is 0 Å². The Balaban J connectivity index is 1.35. The van der Waals surface area contributed by atoms with Gasteiger partial charge in [-0.2, -0.15) is 0 Å². The van der Waals surface area contributed by atoms with E-state index in [-0.39, 0.29) is 23.7 Å². The molecular formula is C28H46N2O2. The first kappa shape index (κ1) is 23.0. The maximum absolute atomic E-state index is 13.3. The molecule has 0 radical (unpaired) electrons. The van der Waals surface area contributed by atoms with Crippen LogP contribution in [0, 0.1) is 35.5 Å². The number of carbonyl (C=O) groups excluding carboxylic acids is 2. The lowest BCUT2D eigenvalue weighted by Crippen LogP contribution is -2.59. The van der Waals surface area contributed by atoms with Gasteiger partial charge in [-0.1, -0.05) is 39.5 Å². The van der Waals surface area contributed by atoms with Gasteiger partial charge in [-0.25, -0.2) is 0 Å². The minimum Gasteiger partial charge on any atom is -0.299 e. The Morgan fingerprint density at radius 3 is 1.38 bits per heavy atom. The monoisotopic (exact) mass is 442 g/mol. The summed E-state index contributed by atoms with van der Waals surface area (Å²) in [6.07, 6.45) is 14.8. The minimum atomic E-state index is 0.219. The average molecular weight is 443 g/mol. The maximum Gasteiger partial charge on any atom is 0.141 e. The highest BCUT2D eigenvalue weighted by atomic mass is 16.1. The quantitative estimate of drug-likeness (QED) is 0.532. The molecule has 5 aliphatic rings. The van der Waals surface area contributed by atoms with Crippen molar-refractivity contribution in [3.8, 4) is 0 Å². The zero-order chi connectivity index (χ0) is 22.2. The predicted molar refractivity (Wildman–Crippen MR) is 128 cm³/mol. The molecule has 5 rings (SSSR count). The fraction of sp³-hybridized carbons (Fsp3) is 0.929. The summed E-state index contributed by atoms with van der Waals surface area (Å²) in [7, 11) is 0. The second-order valence-corrected chi connectivity index (χ2v) is 12.2. The first-order chi connectivity index (χ1) is 15.5. The molecule has 0 aromatic carbocycles. The molecule has 4 saturated heterocycles. The van der Waals surface area contributed by atoms with E-state index in [1.54, 1.807) is 0 Å². The van der Waals surface area contributed by atoms with Crippen molar-refractivity contribution in [2.45, 2.75) is 103 Å². The third-order valence-electron chi connectivity index (χ3n) is 10.1. The number of nitrogens with zero attached hydrogens (tertiary/aromatic N) is 2. The highest BCUT2D eigenvalue weighted by Gasteiger charge is 2.47. The van der Waals surface area contributed by atoms with Crippen molar-refractivity contribution >= 4 is 11.6 Å². The summed E-state index contributed by atoms with van der Waals surface area (Å²) in [6, 6.07) is 1.01. The molecule has 4 nitrogen and oxygen atoms in total. The maximum atomic E-state index is 13.3. The summed E-state index contributed by atoms with van der Waals surface area (Å²) >= 11 is 0. The molecule has 5 fully saturated rings. The van der Waals surface area contributed by atoms with Crippen molar-refractivity contribution in [3.05, 3.63) is 0 Å². The van der Waals surface area contributed by atoms with Gasteiger partial charge in [0.2, 0.25) is 0 Å². The van der Waals surface area contributed by atoms with Gasteiger partial charge in [-0.05, 0) is 76.3 Å². The number of rotatable bonds is 0. The smallest absolute Gasteiger partial charge is 0.141 e. The number of piperidine rings is 4. The van der Waals surface area contributed by atoms with Gasteiger partial charge >= 0.3 is 0 Å². The lowest BCUT2D eigenvalue weighted by Gasteiger charge is -2.51. The van der Waals surface area contributed by atoms with Gasteiger partial charge in [0.05, 0.1) is 0 Å². The van der Waals surface area contributed by atoms with Crippen molar-refractivity contribution < 1.29 is 9.59 Å². The van der Waals surface area contributed by atoms with Crippen LogP contribution >= 0.6 is 0 Å². The molecule has 32 heavy (non-hydrogen) atoms. The molecule has 0 bridgehead atoms. The molecule has 4 aliphatic heterocycles. The topological polar surface area (TPSA) is 40.6 Å². The molecule has 4 heterocycles. The van der Waals surface area contributed by atoms with Gasteiger partial charge in [0.1, 0.15) is 11.6 Å². The lowest BCUT2D eigenvalue weighted by molar-refractivity contribution is -0.139. The van der Waals surface area contributed by atoms with Crippen molar-refractivity contribution in [2.24, 2.45) is 35.5 Å². The van der Waals surface area contributed by atoms with Gasteiger partial charge < -0.3 is 0 Å². The first-order valence-electron chi connectivity index (χ1n) is 14.1. The SMILES string of the molecule is C[C@@H]1CN2CCC[C@H]3CCCCC4C(=O)[C@@H](C)CN5CCC[C@H](CCCC[C@H](C1=O)C32)C45. The second-order valence-electron chi connectivity index (χ2n) is 12.2. The second kappa shape index (κ2) is 9.86. The van der Waals surface area contributed by atoms with E-state index in [9.17, 15) is 9.59 Å². The zero-order valence-electron chi connectivity index (χ0n) is 20.6. The van der Waals surface area contributed by atoms with E-state index in [1.807, 2.05) is 0 Å². The first-order valence-corrected chi connectivity index (χ1v) is 14.1. The standard InChI is InChI=1S/C28H46N2O2/c1-19-17-29-15-7-11-21-9-4-6-14-24-26-22(10-3-5-13-23(25(21)29)27(19)31)12-8-16-30(26)18-20(2)28(24)32/h19-26H,3-18H2,1-2H3/t19-,20+,21-,22+,23+,24?,25?,26?/m1/s1. The molecule has 4 heteroatoms. The summed E-state index contributed by atoms with van der Waals surface area (Å²) in [4.78, 5) is 32.0. The molecule has 0 aromatic rings. The Morgan fingerprint density at radius 1 is 0.562 bits per heavy atom. The van der Waals surface area contributed by atoms with Gasteiger partial charge in [-0.3, -0.25) is 19.4 Å². The third kappa shape index (κ3) is 4.35. The molecule has 0 N–H and O–H groups in total. The molecule has 8 atom stereocenters. The molecule has 1 aliphatic carbocycles. The minimum absolute atomic E-state index is 0.219. The summed E-state index contributed by atoms with van der Waals surface area (Å²) in [5, 5.41) is 0. The summed E-state index contributed by atoms with van der Waals surface area (Å²) in [5.41, 5.74) is 0. The van der Waals surface area contributed by atoms with E-state index < -0.39 is 0 Å². The molecule has 0 amide bonds. The summed E-state index contributed by atoms with van der Waals surface area (Å²) in [5.74, 6) is 3.51. The Labute approximate surface area is 195 Å². The van der Waals surface area contributed by atoms with Crippen LogP contribution in [-0.2, 0) is 9.59 Å². The highest BCUT2D eigenvalue weighted by Crippen LogP contribution is 2.43. The van der Waals surface area contributed by atoms with Crippen molar-refractivity contribution in [1.82, 2.24) is 9.80 Å². The van der Waals surface area contributed by atoms with Crippen LogP contribution in [-0.4, -0.2) is 59.6 Å². The number of hydrogen-bond donors (Lipinski definition) is 0.